The summed E-state index contributed by atoms with van der Waals surface area (Å²) in [6.07, 6.45) is 2.44. The Morgan fingerprint density at radius 2 is 2.04 bits per heavy atom. The third kappa shape index (κ3) is 2.37. The summed E-state index contributed by atoms with van der Waals surface area (Å²) in [7, 11) is 1.76. The largest absolute Gasteiger partial charge is 0.335 e. The van der Waals surface area contributed by atoms with E-state index in [-0.39, 0.29) is 22.7 Å². The van der Waals surface area contributed by atoms with Gasteiger partial charge in [0.05, 0.1) is 11.3 Å². The molecule has 6 heteroatoms. The number of carbonyl (C=O) groups is 2. The van der Waals surface area contributed by atoms with Crippen molar-refractivity contribution in [3.05, 3.63) is 29.1 Å². The van der Waals surface area contributed by atoms with Gasteiger partial charge in [0.25, 0.3) is 5.91 Å². The Kier molecular flexibility index (Phi) is 3.22. The Balaban J connectivity index is 1.81. The van der Waals surface area contributed by atoms with E-state index in [4.69, 9.17) is 0 Å². The number of ketones is 1. The molecule has 1 spiro atoms. The lowest BCUT2D eigenvalue weighted by Crippen LogP contribution is -2.61. The number of nitrogens with zero attached hydrogens (tertiary/aromatic N) is 4. The smallest absolute Gasteiger partial charge is 0.272 e. The van der Waals surface area contributed by atoms with Gasteiger partial charge >= 0.3 is 0 Å². The number of carbonyl (C=O) groups excluding carboxylic acids is 2. The van der Waals surface area contributed by atoms with Crippen LogP contribution >= 0.6 is 0 Å². The van der Waals surface area contributed by atoms with Crippen molar-refractivity contribution in [3.63, 3.8) is 0 Å². The van der Waals surface area contributed by atoms with E-state index < -0.39 is 5.41 Å². The zero-order valence-electron chi connectivity index (χ0n) is 13.9. The highest BCUT2D eigenvalue weighted by Gasteiger charge is 2.52. The van der Waals surface area contributed by atoms with Crippen LogP contribution in [0.1, 0.15) is 36.5 Å². The number of rotatable bonds is 1. The first kappa shape index (κ1) is 15.5. The van der Waals surface area contributed by atoms with Gasteiger partial charge in [0.2, 0.25) is 0 Å². The van der Waals surface area contributed by atoms with Crippen molar-refractivity contribution < 1.29 is 9.59 Å². The van der Waals surface area contributed by atoms with Crippen molar-refractivity contribution in [1.29, 1.82) is 5.26 Å². The van der Waals surface area contributed by atoms with Crippen LogP contribution in [0.5, 0.6) is 0 Å². The molecule has 1 aromatic rings. The van der Waals surface area contributed by atoms with Crippen LogP contribution in [0.15, 0.2) is 17.7 Å². The molecular formula is C17H20N4O2. The summed E-state index contributed by atoms with van der Waals surface area (Å²) < 4.78 is 1.59. The van der Waals surface area contributed by atoms with Crippen LogP contribution in [0.2, 0.25) is 0 Å². The first-order valence-electron chi connectivity index (χ1n) is 7.65. The average Bonchev–Trinajstić information content (AvgIpc) is 2.77. The molecule has 1 aromatic heterocycles. The van der Waals surface area contributed by atoms with Crippen LogP contribution in [0.4, 0.5) is 0 Å². The monoisotopic (exact) mass is 312 g/mol. The Morgan fingerprint density at radius 3 is 2.57 bits per heavy atom. The van der Waals surface area contributed by atoms with Crippen LogP contribution in [0, 0.1) is 29.1 Å². The molecule has 0 unspecified atom stereocenters. The molecule has 120 valence electrons. The zero-order valence-corrected chi connectivity index (χ0v) is 13.9. The molecule has 0 N–H and O–H groups in total. The second-order valence-corrected chi connectivity index (χ2v) is 7.38. The number of Topliss-reactive ketones (excluding diaryl/α,β-unsaturated/α-hetero) is 1. The lowest BCUT2D eigenvalue weighted by atomic mass is 9.61. The summed E-state index contributed by atoms with van der Waals surface area (Å²) in [5.41, 5.74) is 0.781. The fourth-order valence-electron chi connectivity index (χ4n) is 3.86. The van der Waals surface area contributed by atoms with Crippen molar-refractivity contribution in [2.24, 2.45) is 17.9 Å². The Labute approximate surface area is 135 Å². The molecule has 0 aromatic carbocycles. The molecule has 1 saturated heterocycles. The molecule has 2 aliphatic rings. The molecule has 0 radical (unpaired) electrons. The predicted octanol–water partition coefficient (Wildman–Crippen LogP) is 1.62. The highest BCUT2D eigenvalue weighted by Crippen LogP contribution is 2.48. The summed E-state index contributed by atoms with van der Waals surface area (Å²) in [6, 6.07) is 3.79. The average molecular weight is 312 g/mol. The molecule has 0 saturated carbocycles. The van der Waals surface area contributed by atoms with E-state index in [9.17, 15) is 14.9 Å². The minimum atomic E-state index is -0.557. The van der Waals surface area contributed by atoms with Gasteiger partial charge < -0.3 is 4.90 Å². The first-order valence-corrected chi connectivity index (χ1v) is 7.65. The third-order valence-corrected chi connectivity index (χ3v) is 4.74. The molecule has 3 rings (SSSR count). The number of allylic oxidation sites excluding steroid dienone is 1. The van der Waals surface area contributed by atoms with Gasteiger partial charge in [0.15, 0.2) is 5.78 Å². The highest BCUT2D eigenvalue weighted by molar-refractivity contribution is 6.04. The summed E-state index contributed by atoms with van der Waals surface area (Å²) in [5, 5.41) is 13.4. The van der Waals surface area contributed by atoms with Crippen LogP contribution in [0.3, 0.4) is 0 Å². The maximum absolute atomic E-state index is 12.6. The van der Waals surface area contributed by atoms with Gasteiger partial charge in [-0.2, -0.15) is 10.4 Å². The predicted molar refractivity (Wildman–Crippen MR) is 83.4 cm³/mol. The molecule has 2 heterocycles. The highest BCUT2D eigenvalue weighted by atomic mass is 16.2. The first-order chi connectivity index (χ1) is 10.7. The molecule has 1 amide bonds. The SMILES string of the molecule is Cc1cc(C(=O)N2CC3(C=C(C#N)C(=O)C(C)(C)C3)C2)n(C)n1. The van der Waals surface area contributed by atoms with E-state index in [1.807, 2.05) is 26.8 Å². The number of amides is 1. The van der Waals surface area contributed by atoms with Crippen molar-refractivity contribution >= 4 is 11.7 Å². The van der Waals surface area contributed by atoms with Gasteiger partial charge in [-0.05, 0) is 19.4 Å². The normalized spacial score (nSPS) is 21.6. The van der Waals surface area contributed by atoms with E-state index >= 15 is 0 Å². The van der Waals surface area contributed by atoms with E-state index in [1.54, 1.807) is 28.8 Å². The summed E-state index contributed by atoms with van der Waals surface area (Å²) in [4.78, 5) is 26.5. The number of aryl methyl sites for hydroxylation is 2. The fraction of sp³-hybridized carbons (Fsp3) is 0.529. The third-order valence-electron chi connectivity index (χ3n) is 4.74. The Morgan fingerprint density at radius 1 is 1.39 bits per heavy atom. The Hall–Kier alpha value is -2.42. The summed E-state index contributed by atoms with van der Waals surface area (Å²) >= 11 is 0. The van der Waals surface area contributed by atoms with Crippen LogP contribution < -0.4 is 0 Å². The fourth-order valence-corrected chi connectivity index (χ4v) is 3.86. The molecule has 6 nitrogen and oxygen atoms in total. The van der Waals surface area contributed by atoms with Crippen LogP contribution in [-0.2, 0) is 11.8 Å². The maximum Gasteiger partial charge on any atom is 0.272 e. The summed E-state index contributed by atoms with van der Waals surface area (Å²) in [5.74, 6) is -0.155. The maximum atomic E-state index is 12.6. The van der Waals surface area contributed by atoms with Crippen molar-refractivity contribution in [2.75, 3.05) is 13.1 Å². The molecule has 1 aliphatic heterocycles. The molecule has 1 aliphatic carbocycles. The lowest BCUT2D eigenvalue weighted by molar-refractivity contribution is -0.127. The quantitative estimate of drug-likeness (QED) is 0.789. The van der Waals surface area contributed by atoms with Gasteiger partial charge in [-0.1, -0.05) is 19.9 Å². The zero-order chi connectivity index (χ0) is 17.0. The van der Waals surface area contributed by atoms with Crippen LogP contribution in [0.25, 0.3) is 0 Å². The van der Waals surface area contributed by atoms with Gasteiger partial charge in [-0.25, -0.2) is 0 Å². The van der Waals surface area contributed by atoms with Gasteiger partial charge in [-0.15, -0.1) is 0 Å². The Bertz CT molecular complexity index is 773. The lowest BCUT2D eigenvalue weighted by Gasteiger charge is -2.53. The minimum absolute atomic E-state index is 0.0552. The van der Waals surface area contributed by atoms with Crippen molar-refractivity contribution in [2.45, 2.75) is 27.2 Å². The standard InChI is InChI=1S/C17H20N4O2/c1-11-5-13(20(4)19-11)15(23)21-9-17(10-21)6-12(7-18)14(22)16(2,3)8-17/h5-6H,8-10H2,1-4H3. The van der Waals surface area contributed by atoms with Gasteiger partial charge in [0.1, 0.15) is 11.8 Å². The molecule has 23 heavy (non-hydrogen) atoms. The van der Waals surface area contributed by atoms with Crippen molar-refractivity contribution in [1.82, 2.24) is 14.7 Å². The van der Waals surface area contributed by atoms with E-state index in [0.717, 1.165) is 5.69 Å². The van der Waals surface area contributed by atoms with Crippen LogP contribution in [-0.4, -0.2) is 39.5 Å². The number of aromatic nitrogens is 2. The van der Waals surface area contributed by atoms with Crippen molar-refractivity contribution in [3.8, 4) is 6.07 Å². The number of hydrogen-bond acceptors (Lipinski definition) is 4. The van der Waals surface area contributed by atoms with E-state index in [0.29, 0.717) is 25.2 Å². The molecule has 0 atom stereocenters. The molecular weight excluding hydrogens is 292 g/mol. The second kappa shape index (κ2) is 4.79. The molecule has 0 bridgehead atoms. The van der Waals surface area contributed by atoms with Gasteiger partial charge in [-0.3, -0.25) is 14.3 Å². The topological polar surface area (TPSA) is 79.0 Å². The minimum Gasteiger partial charge on any atom is -0.335 e. The summed E-state index contributed by atoms with van der Waals surface area (Å²) in [6.45, 7) is 6.67. The number of nitriles is 1. The number of hydrogen-bond donors (Lipinski definition) is 0. The van der Waals surface area contributed by atoms with E-state index in [1.165, 1.54) is 0 Å². The number of likely N-dealkylation sites (tertiary alicyclic amines) is 1. The second-order valence-electron chi connectivity index (χ2n) is 7.38. The molecule has 1 fully saturated rings. The van der Waals surface area contributed by atoms with E-state index in [2.05, 4.69) is 5.10 Å². The van der Waals surface area contributed by atoms with Gasteiger partial charge in [0, 0.05) is 31.0 Å².